The molecule has 0 saturated carbocycles. The van der Waals surface area contributed by atoms with E-state index in [9.17, 15) is 14.4 Å². The highest BCUT2D eigenvalue weighted by Crippen LogP contribution is 2.44. The van der Waals surface area contributed by atoms with Crippen molar-refractivity contribution < 1.29 is 24.2 Å². The van der Waals surface area contributed by atoms with Crippen molar-refractivity contribution in [3.63, 3.8) is 0 Å². The van der Waals surface area contributed by atoms with Gasteiger partial charge in [-0.15, -0.1) is 0 Å². The number of nitrogens with one attached hydrogen (secondary N) is 2. The monoisotopic (exact) mass is 452 g/mol. The molecule has 2 aromatic rings. The summed E-state index contributed by atoms with van der Waals surface area (Å²) < 4.78 is 5.58. The van der Waals surface area contributed by atoms with Crippen molar-refractivity contribution in [2.24, 2.45) is 5.92 Å². The molecule has 0 aliphatic heterocycles. The fraction of sp³-hybridized carbons (Fsp3) is 0.423. The van der Waals surface area contributed by atoms with E-state index in [0.717, 1.165) is 22.3 Å². The Balaban J connectivity index is 1.61. The number of carboxylic acids is 1. The summed E-state index contributed by atoms with van der Waals surface area (Å²) in [6.07, 6.45) is 0.0916. The zero-order valence-corrected chi connectivity index (χ0v) is 19.3. The molecule has 176 valence electrons. The summed E-state index contributed by atoms with van der Waals surface area (Å²) in [6.45, 7) is 5.85. The molecule has 7 heteroatoms. The van der Waals surface area contributed by atoms with E-state index in [1.807, 2.05) is 38.1 Å². The largest absolute Gasteiger partial charge is 0.481 e. The molecular formula is C26H32N2O5. The molecule has 3 rings (SSSR count). The van der Waals surface area contributed by atoms with E-state index in [1.54, 1.807) is 6.92 Å². The van der Waals surface area contributed by atoms with Crippen molar-refractivity contribution in [2.45, 2.75) is 58.0 Å². The summed E-state index contributed by atoms with van der Waals surface area (Å²) in [5.41, 5.74) is 4.54. The first-order chi connectivity index (χ1) is 15.8. The van der Waals surface area contributed by atoms with Crippen LogP contribution in [0, 0.1) is 5.92 Å². The van der Waals surface area contributed by atoms with Gasteiger partial charge in [-0.1, -0.05) is 62.4 Å². The number of benzene rings is 2. The zero-order valence-electron chi connectivity index (χ0n) is 19.3. The summed E-state index contributed by atoms with van der Waals surface area (Å²) in [5.74, 6) is -1.14. The Hall–Kier alpha value is -3.35. The third kappa shape index (κ3) is 6.34. The predicted molar refractivity (Wildman–Crippen MR) is 126 cm³/mol. The van der Waals surface area contributed by atoms with Gasteiger partial charge in [0.25, 0.3) is 0 Å². The quantitative estimate of drug-likeness (QED) is 0.498. The van der Waals surface area contributed by atoms with Gasteiger partial charge >= 0.3 is 12.1 Å². The van der Waals surface area contributed by atoms with Gasteiger partial charge in [-0.3, -0.25) is 9.59 Å². The van der Waals surface area contributed by atoms with Crippen LogP contribution in [-0.4, -0.2) is 41.8 Å². The third-order valence-electron chi connectivity index (χ3n) is 5.84. The minimum absolute atomic E-state index is 0.0316. The molecule has 1 unspecified atom stereocenters. The number of carbonyl (C=O) groups excluding carboxylic acids is 2. The van der Waals surface area contributed by atoms with Crippen LogP contribution in [0.4, 0.5) is 4.79 Å². The zero-order chi connectivity index (χ0) is 24.0. The minimum Gasteiger partial charge on any atom is -0.481 e. The number of hydrogen-bond acceptors (Lipinski definition) is 4. The molecular weight excluding hydrogens is 420 g/mol. The third-order valence-corrected chi connectivity index (χ3v) is 5.84. The number of ether oxygens (including phenoxy) is 1. The number of hydrogen-bond donors (Lipinski definition) is 3. The minimum atomic E-state index is -0.911. The molecule has 0 aromatic heterocycles. The van der Waals surface area contributed by atoms with Crippen LogP contribution < -0.4 is 10.6 Å². The Bertz CT molecular complexity index is 958. The number of carboxylic acid groups (broad SMARTS) is 1. The highest BCUT2D eigenvalue weighted by Gasteiger charge is 2.30. The molecule has 2 amide bonds. The van der Waals surface area contributed by atoms with Gasteiger partial charge in [0.05, 0.1) is 0 Å². The summed E-state index contributed by atoms with van der Waals surface area (Å²) in [4.78, 5) is 36.1. The maximum absolute atomic E-state index is 12.7. The van der Waals surface area contributed by atoms with E-state index in [4.69, 9.17) is 9.84 Å². The number of fused-ring (bicyclic) bond motifs is 3. The molecule has 0 spiro atoms. The maximum Gasteiger partial charge on any atom is 0.407 e. The highest BCUT2D eigenvalue weighted by molar-refractivity contribution is 5.86. The van der Waals surface area contributed by atoms with E-state index >= 15 is 0 Å². The van der Waals surface area contributed by atoms with Crippen LogP contribution in [0.15, 0.2) is 48.5 Å². The smallest absolute Gasteiger partial charge is 0.407 e. The molecule has 0 saturated heterocycles. The van der Waals surface area contributed by atoms with Gasteiger partial charge in [-0.05, 0) is 47.9 Å². The fourth-order valence-corrected chi connectivity index (χ4v) is 4.24. The topological polar surface area (TPSA) is 105 Å². The van der Waals surface area contributed by atoms with Crippen LogP contribution in [0.1, 0.15) is 57.1 Å². The number of alkyl carbamates (subject to hydrolysis) is 1. The second kappa shape index (κ2) is 11.0. The first-order valence-electron chi connectivity index (χ1n) is 11.4. The fourth-order valence-electron chi connectivity index (χ4n) is 4.24. The Morgan fingerprint density at radius 1 is 0.939 bits per heavy atom. The van der Waals surface area contributed by atoms with Crippen LogP contribution in [0.25, 0.3) is 11.1 Å². The molecule has 3 N–H and O–H groups in total. The van der Waals surface area contributed by atoms with Crippen molar-refractivity contribution in [1.29, 1.82) is 0 Å². The van der Waals surface area contributed by atoms with Gasteiger partial charge in [-0.25, -0.2) is 4.79 Å². The lowest BCUT2D eigenvalue weighted by atomic mass is 9.98. The predicted octanol–water partition coefficient (Wildman–Crippen LogP) is 4.31. The SMILES string of the molecule is CC(C)C[C@H](NC(=O)OCC1c2ccccc2-c2ccccc21)C(=O)NC(C)CCC(=O)O. The first-order valence-corrected chi connectivity index (χ1v) is 11.4. The highest BCUT2D eigenvalue weighted by atomic mass is 16.5. The van der Waals surface area contributed by atoms with Crippen LogP contribution in [0.5, 0.6) is 0 Å². The molecule has 1 aliphatic carbocycles. The van der Waals surface area contributed by atoms with Crippen molar-refractivity contribution in [1.82, 2.24) is 10.6 Å². The summed E-state index contributed by atoms with van der Waals surface area (Å²) in [6, 6.07) is 15.1. The van der Waals surface area contributed by atoms with E-state index in [-0.39, 0.29) is 36.8 Å². The average Bonchev–Trinajstić information content (AvgIpc) is 3.09. The molecule has 0 radical (unpaired) electrons. The van der Waals surface area contributed by atoms with Crippen LogP contribution in [-0.2, 0) is 14.3 Å². The van der Waals surface area contributed by atoms with Gasteiger partial charge in [0, 0.05) is 18.4 Å². The van der Waals surface area contributed by atoms with Crippen molar-refractivity contribution >= 4 is 18.0 Å². The van der Waals surface area contributed by atoms with Crippen LogP contribution >= 0.6 is 0 Å². The number of carbonyl (C=O) groups is 3. The lowest BCUT2D eigenvalue weighted by Crippen LogP contribution is -2.50. The van der Waals surface area contributed by atoms with Gasteiger partial charge in [0.15, 0.2) is 0 Å². The standard InChI is InChI=1S/C26H32N2O5/c1-16(2)14-23(25(31)27-17(3)12-13-24(29)30)28-26(32)33-15-22-20-10-6-4-8-18(20)19-9-5-7-11-21(19)22/h4-11,16-17,22-23H,12-15H2,1-3H3,(H,27,31)(H,28,32)(H,29,30)/t17?,23-/m0/s1. The molecule has 7 nitrogen and oxygen atoms in total. The van der Waals surface area contributed by atoms with Gasteiger partial charge in [-0.2, -0.15) is 0 Å². The first kappa shape index (κ1) is 24.3. The summed E-state index contributed by atoms with van der Waals surface area (Å²) >= 11 is 0. The molecule has 2 aromatic carbocycles. The molecule has 33 heavy (non-hydrogen) atoms. The van der Waals surface area contributed by atoms with E-state index < -0.39 is 18.1 Å². The van der Waals surface area contributed by atoms with Gasteiger partial charge in [0.1, 0.15) is 12.6 Å². The lowest BCUT2D eigenvalue weighted by molar-refractivity contribution is -0.137. The molecule has 0 heterocycles. The van der Waals surface area contributed by atoms with Gasteiger partial charge in [0.2, 0.25) is 5.91 Å². The second-order valence-electron chi connectivity index (χ2n) is 8.99. The second-order valence-corrected chi connectivity index (χ2v) is 8.99. The van der Waals surface area contributed by atoms with Crippen molar-refractivity contribution in [3.05, 3.63) is 59.7 Å². The number of rotatable bonds is 10. The Morgan fingerprint density at radius 2 is 1.52 bits per heavy atom. The molecule has 0 bridgehead atoms. The Morgan fingerprint density at radius 3 is 2.06 bits per heavy atom. The van der Waals surface area contributed by atoms with E-state index in [0.29, 0.717) is 12.8 Å². The van der Waals surface area contributed by atoms with E-state index in [1.165, 1.54) is 0 Å². The average molecular weight is 453 g/mol. The maximum atomic E-state index is 12.7. The number of aliphatic carboxylic acids is 1. The lowest BCUT2D eigenvalue weighted by Gasteiger charge is -2.23. The van der Waals surface area contributed by atoms with E-state index in [2.05, 4.69) is 34.9 Å². The Labute approximate surface area is 194 Å². The van der Waals surface area contributed by atoms with Crippen molar-refractivity contribution in [2.75, 3.05) is 6.61 Å². The van der Waals surface area contributed by atoms with Crippen LogP contribution in [0.3, 0.4) is 0 Å². The number of amides is 2. The van der Waals surface area contributed by atoms with Gasteiger partial charge < -0.3 is 20.5 Å². The molecule has 2 atom stereocenters. The Kier molecular flexibility index (Phi) is 8.09. The van der Waals surface area contributed by atoms with Crippen LogP contribution in [0.2, 0.25) is 0 Å². The normalized spacial score (nSPS) is 14.2. The summed E-state index contributed by atoms with van der Waals surface area (Å²) in [5, 5.41) is 14.3. The molecule has 1 aliphatic rings. The van der Waals surface area contributed by atoms with Crippen molar-refractivity contribution in [3.8, 4) is 11.1 Å². The molecule has 0 fully saturated rings. The summed E-state index contributed by atoms with van der Waals surface area (Å²) in [7, 11) is 0.